The lowest BCUT2D eigenvalue weighted by Crippen LogP contribution is -2.36. The fourth-order valence-electron chi connectivity index (χ4n) is 4.41. The highest BCUT2D eigenvalue weighted by Crippen LogP contribution is 2.36. The largest absolute Gasteiger partial charge is 0.508 e. The molecular formula is C22H17N3O3. The van der Waals surface area contributed by atoms with Crippen LogP contribution in [-0.2, 0) is 4.74 Å². The number of rotatable bonds is 1. The summed E-state index contributed by atoms with van der Waals surface area (Å²) in [5, 5.41) is 13.4. The average Bonchev–Trinajstić information content (AvgIpc) is 3.11. The number of morpholine rings is 1. The summed E-state index contributed by atoms with van der Waals surface area (Å²) in [5.74, 6) is 0.140. The summed E-state index contributed by atoms with van der Waals surface area (Å²) in [6.07, 6.45) is 0. The number of nitrogens with zero attached hydrogens (tertiary/aromatic N) is 3. The fourth-order valence-corrected chi connectivity index (χ4v) is 4.41. The van der Waals surface area contributed by atoms with Crippen molar-refractivity contribution in [3.05, 3.63) is 58.9 Å². The van der Waals surface area contributed by atoms with Crippen molar-refractivity contribution >= 4 is 43.9 Å². The molecule has 6 nitrogen and oxygen atoms in total. The molecule has 0 bridgehead atoms. The highest BCUT2D eigenvalue weighted by Gasteiger charge is 2.20. The summed E-state index contributed by atoms with van der Waals surface area (Å²) in [7, 11) is 0. The predicted molar refractivity (Wildman–Crippen MR) is 110 cm³/mol. The number of imidazole rings is 1. The van der Waals surface area contributed by atoms with Crippen LogP contribution >= 0.6 is 0 Å². The quantitative estimate of drug-likeness (QED) is 0.490. The summed E-state index contributed by atoms with van der Waals surface area (Å²) in [5.41, 5.74) is 2.99. The molecule has 1 aliphatic rings. The topological polar surface area (TPSA) is 67.1 Å². The summed E-state index contributed by atoms with van der Waals surface area (Å²) in [6, 6.07) is 15.0. The van der Waals surface area contributed by atoms with Crippen LogP contribution in [0, 0.1) is 0 Å². The number of benzene rings is 3. The molecule has 0 aliphatic carbocycles. The molecule has 28 heavy (non-hydrogen) atoms. The van der Waals surface area contributed by atoms with Crippen LogP contribution in [0.15, 0.2) is 53.3 Å². The van der Waals surface area contributed by atoms with E-state index < -0.39 is 0 Å². The normalized spacial score (nSPS) is 15.4. The maximum absolute atomic E-state index is 13.4. The molecule has 1 fully saturated rings. The minimum Gasteiger partial charge on any atom is -0.508 e. The van der Waals surface area contributed by atoms with Gasteiger partial charge < -0.3 is 14.7 Å². The molecule has 0 atom stereocenters. The van der Waals surface area contributed by atoms with Crippen LogP contribution in [-0.4, -0.2) is 40.8 Å². The monoisotopic (exact) mass is 371 g/mol. The number of hydrogen-bond donors (Lipinski definition) is 1. The van der Waals surface area contributed by atoms with Gasteiger partial charge in [-0.2, -0.15) is 0 Å². The molecule has 6 heteroatoms. The van der Waals surface area contributed by atoms with Gasteiger partial charge in [-0.05, 0) is 30.3 Å². The third-order valence-corrected chi connectivity index (χ3v) is 5.68. The average molecular weight is 371 g/mol. The number of pyridine rings is 1. The number of ether oxygens (including phenoxy) is 1. The van der Waals surface area contributed by atoms with Crippen LogP contribution < -0.4 is 10.5 Å². The van der Waals surface area contributed by atoms with E-state index in [9.17, 15) is 9.90 Å². The van der Waals surface area contributed by atoms with Crippen molar-refractivity contribution in [3.63, 3.8) is 0 Å². The lowest BCUT2D eigenvalue weighted by Gasteiger charge is -2.30. The molecule has 5 aromatic rings. The molecular weight excluding hydrogens is 354 g/mol. The Morgan fingerprint density at radius 2 is 1.79 bits per heavy atom. The molecule has 3 aromatic carbocycles. The predicted octanol–water partition coefficient (Wildman–Crippen LogP) is 3.13. The van der Waals surface area contributed by atoms with Crippen LogP contribution in [0.2, 0.25) is 0 Å². The minimum absolute atomic E-state index is 0.0829. The lowest BCUT2D eigenvalue weighted by atomic mass is 10.00. The highest BCUT2D eigenvalue weighted by atomic mass is 16.5. The van der Waals surface area contributed by atoms with Gasteiger partial charge >= 0.3 is 0 Å². The van der Waals surface area contributed by atoms with E-state index >= 15 is 0 Å². The van der Waals surface area contributed by atoms with E-state index in [2.05, 4.69) is 28.1 Å². The smallest absolute Gasteiger partial charge is 0.264 e. The van der Waals surface area contributed by atoms with E-state index in [1.54, 1.807) is 22.6 Å². The Morgan fingerprint density at radius 1 is 0.964 bits per heavy atom. The molecule has 0 saturated carbocycles. The van der Waals surface area contributed by atoms with Crippen molar-refractivity contribution in [1.82, 2.24) is 9.38 Å². The third kappa shape index (κ3) is 2.00. The zero-order valence-corrected chi connectivity index (χ0v) is 15.1. The number of aromatic nitrogens is 2. The highest BCUT2D eigenvalue weighted by molar-refractivity contribution is 6.18. The Labute approximate surface area is 159 Å². The van der Waals surface area contributed by atoms with Crippen molar-refractivity contribution in [2.75, 3.05) is 31.2 Å². The van der Waals surface area contributed by atoms with Gasteiger partial charge in [-0.15, -0.1) is 0 Å². The molecule has 1 N–H and O–H groups in total. The van der Waals surface area contributed by atoms with Gasteiger partial charge in [-0.25, -0.2) is 4.98 Å². The third-order valence-electron chi connectivity index (χ3n) is 5.68. The molecule has 6 rings (SSSR count). The second-order valence-electron chi connectivity index (χ2n) is 7.21. The molecule has 0 spiro atoms. The van der Waals surface area contributed by atoms with Gasteiger partial charge in [-0.1, -0.05) is 12.1 Å². The van der Waals surface area contributed by atoms with Crippen molar-refractivity contribution in [2.45, 2.75) is 0 Å². The maximum atomic E-state index is 13.4. The molecule has 0 unspecified atom stereocenters. The lowest BCUT2D eigenvalue weighted by molar-refractivity contribution is 0.123. The van der Waals surface area contributed by atoms with Gasteiger partial charge in [0.05, 0.1) is 24.2 Å². The number of phenols is 1. The summed E-state index contributed by atoms with van der Waals surface area (Å²) >= 11 is 0. The minimum atomic E-state index is -0.0829. The molecule has 138 valence electrons. The van der Waals surface area contributed by atoms with Gasteiger partial charge in [0.1, 0.15) is 11.4 Å². The zero-order chi connectivity index (χ0) is 18.8. The van der Waals surface area contributed by atoms with Crippen LogP contribution in [0.5, 0.6) is 5.75 Å². The van der Waals surface area contributed by atoms with Gasteiger partial charge in [0, 0.05) is 46.4 Å². The molecule has 1 aliphatic heterocycles. The summed E-state index contributed by atoms with van der Waals surface area (Å²) in [6.45, 7) is 3.09. The van der Waals surface area contributed by atoms with E-state index in [0.717, 1.165) is 34.9 Å². The first-order valence-corrected chi connectivity index (χ1v) is 9.37. The Kier molecular flexibility index (Phi) is 3.11. The summed E-state index contributed by atoms with van der Waals surface area (Å²) in [4.78, 5) is 20.4. The number of hydrogen-bond acceptors (Lipinski definition) is 5. The standard InChI is InChI=1S/C22H17N3O3/c26-13-4-6-19-17(12-13)23-21-15-5-7-18(24-8-10-28-11-9-24)14-2-1-3-16(20(14)15)22(27)25(19)21/h1-7,12,26H,8-11H2. The Balaban J connectivity index is 1.78. The Hall–Kier alpha value is -3.38. The SMILES string of the molecule is O=c1c2cccc3c(N4CCOCC4)ccc(c32)c2nc3cc(O)ccc3n12. The molecule has 2 aromatic heterocycles. The van der Waals surface area contributed by atoms with Crippen LogP contribution in [0.1, 0.15) is 0 Å². The summed E-state index contributed by atoms with van der Waals surface area (Å²) < 4.78 is 7.14. The van der Waals surface area contributed by atoms with Crippen molar-refractivity contribution in [2.24, 2.45) is 0 Å². The van der Waals surface area contributed by atoms with Crippen molar-refractivity contribution < 1.29 is 9.84 Å². The second-order valence-corrected chi connectivity index (χ2v) is 7.21. The van der Waals surface area contributed by atoms with Gasteiger partial charge in [-0.3, -0.25) is 9.20 Å². The van der Waals surface area contributed by atoms with E-state index in [1.165, 1.54) is 0 Å². The molecule has 0 radical (unpaired) electrons. The van der Waals surface area contributed by atoms with E-state index in [4.69, 9.17) is 4.74 Å². The van der Waals surface area contributed by atoms with Crippen molar-refractivity contribution in [3.8, 4) is 5.75 Å². The van der Waals surface area contributed by atoms with Crippen LogP contribution in [0.3, 0.4) is 0 Å². The molecule has 1 saturated heterocycles. The van der Waals surface area contributed by atoms with Crippen LogP contribution in [0.4, 0.5) is 5.69 Å². The first-order valence-electron chi connectivity index (χ1n) is 9.37. The number of aromatic hydroxyl groups is 1. The number of fused-ring (bicyclic) bond motifs is 4. The number of phenolic OH excluding ortho intramolecular Hbond substituents is 1. The zero-order valence-electron chi connectivity index (χ0n) is 15.1. The Morgan fingerprint density at radius 3 is 2.64 bits per heavy atom. The number of anilines is 1. The van der Waals surface area contributed by atoms with Crippen molar-refractivity contribution in [1.29, 1.82) is 0 Å². The van der Waals surface area contributed by atoms with Gasteiger partial charge in [0.2, 0.25) is 0 Å². The fraction of sp³-hybridized carbons (Fsp3) is 0.182. The van der Waals surface area contributed by atoms with Crippen LogP contribution in [0.25, 0.3) is 38.2 Å². The molecule has 3 heterocycles. The van der Waals surface area contributed by atoms with E-state index in [-0.39, 0.29) is 11.3 Å². The second kappa shape index (κ2) is 5.56. The van der Waals surface area contributed by atoms with E-state index in [1.807, 2.05) is 12.1 Å². The first kappa shape index (κ1) is 15.7. The molecule has 0 amide bonds. The first-order chi connectivity index (χ1) is 13.7. The van der Waals surface area contributed by atoms with Gasteiger partial charge in [0.25, 0.3) is 5.56 Å². The Bertz CT molecular complexity index is 1430. The maximum Gasteiger partial charge on any atom is 0.264 e. The van der Waals surface area contributed by atoms with E-state index in [0.29, 0.717) is 35.3 Å². The van der Waals surface area contributed by atoms with Gasteiger partial charge in [0.15, 0.2) is 0 Å².